The molecule has 2 rings (SSSR count). The van der Waals surface area contributed by atoms with Gasteiger partial charge in [-0.3, -0.25) is 10.2 Å². The van der Waals surface area contributed by atoms with Gasteiger partial charge in [0.2, 0.25) is 0 Å². The predicted octanol–water partition coefficient (Wildman–Crippen LogP) is 0.662. The standard InChI is InChI=1S/C10H12N4O/c1-5-2-3-7-6(4-5)8(11)9(13-7)10(15)14-12/h2-4,13H,11-12H2,1H3,(H,14,15). The average molecular weight is 204 g/mol. The molecule has 78 valence electrons. The number of carbonyl (C=O) groups is 1. The number of aryl methyl sites for hydroxylation is 1. The molecule has 2 aromatic rings. The first kappa shape index (κ1) is 9.54. The van der Waals surface area contributed by atoms with Crippen LogP contribution in [0.1, 0.15) is 16.1 Å². The number of hydrogen-bond acceptors (Lipinski definition) is 3. The zero-order valence-electron chi connectivity index (χ0n) is 8.29. The van der Waals surface area contributed by atoms with Crippen molar-refractivity contribution in [3.05, 3.63) is 29.5 Å². The molecule has 0 spiro atoms. The third-order valence-corrected chi connectivity index (χ3v) is 2.35. The molecule has 0 bridgehead atoms. The van der Waals surface area contributed by atoms with Crippen LogP contribution in [0.2, 0.25) is 0 Å². The molecule has 1 amide bonds. The summed E-state index contributed by atoms with van der Waals surface area (Å²) < 4.78 is 0. The highest BCUT2D eigenvalue weighted by Crippen LogP contribution is 2.25. The fourth-order valence-corrected chi connectivity index (χ4v) is 1.58. The summed E-state index contributed by atoms with van der Waals surface area (Å²) in [5, 5.41) is 0.841. The fourth-order valence-electron chi connectivity index (χ4n) is 1.58. The summed E-state index contributed by atoms with van der Waals surface area (Å²) in [5.74, 6) is 4.63. The number of hydrogen-bond donors (Lipinski definition) is 4. The van der Waals surface area contributed by atoms with Gasteiger partial charge in [-0.25, -0.2) is 5.84 Å². The molecule has 0 fully saturated rings. The molecule has 0 aliphatic carbocycles. The number of nitrogens with one attached hydrogen (secondary N) is 2. The molecule has 0 saturated carbocycles. The Morgan fingerprint density at radius 2 is 2.20 bits per heavy atom. The Morgan fingerprint density at radius 3 is 2.87 bits per heavy atom. The lowest BCUT2D eigenvalue weighted by molar-refractivity contribution is 0.0950. The third-order valence-electron chi connectivity index (χ3n) is 2.35. The van der Waals surface area contributed by atoms with E-state index in [1.807, 2.05) is 30.5 Å². The summed E-state index contributed by atoms with van der Waals surface area (Å²) in [6, 6.07) is 5.76. The summed E-state index contributed by atoms with van der Waals surface area (Å²) in [4.78, 5) is 14.3. The Hall–Kier alpha value is -2.01. The third kappa shape index (κ3) is 1.42. The molecule has 1 aromatic carbocycles. The van der Waals surface area contributed by atoms with Crippen molar-refractivity contribution >= 4 is 22.5 Å². The number of benzene rings is 1. The first-order valence-electron chi connectivity index (χ1n) is 4.52. The maximum Gasteiger partial charge on any atom is 0.283 e. The number of carbonyl (C=O) groups excluding carboxylic acids is 1. The van der Waals surface area contributed by atoms with Crippen LogP contribution < -0.4 is 17.0 Å². The zero-order valence-corrected chi connectivity index (χ0v) is 8.29. The van der Waals surface area contributed by atoms with Gasteiger partial charge in [-0.15, -0.1) is 0 Å². The molecule has 0 unspecified atom stereocenters. The molecule has 6 N–H and O–H groups in total. The van der Waals surface area contributed by atoms with Gasteiger partial charge in [0.1, 0.15) is 5.69 Å². The summed E-state index contributed by atoms with van der Waals surface area (Å²) in [6.07, 6.45) is 0. The van der Waals surface area contributed by atoms with Crippen LogP contribution in [-0.4, -0.2) is 10.9 Å². The molecule has 5 nitrogen and oxygen atoms in total. The van der Waals surface area contributed by atoms with Crippen LogP contribution in [0.5, 0.6) is 0 Å². The number of aromatic nitrogens is 1. The minimum absolute atomic E-state index is 0.304. The van der Waals surface area contributed by atoms with Crippen molar-refractivity contribution in [3.63, 3.8) is 0 Å². The van der Waals surface area contributed by atoms with E-state index in [2.05, 4.69) is 4.98 Å². The summed E-state index contributed by atoms with van der Waals surface area (Å²) in [7, 11) is 0. The van der Waals surface area contributed by atoms with Crippen LogP contribution in [0.15, 0.2) is 18.2 Å². The number of anilines is 1. The lowest BCUT2D eigenvalue weighted by atomic mass is 10.1. The minimum atomic E-state index is -0.415. The molecule has 0 saturated heterocycles. The SMILES string of the molecule is Cc1ccc2[nH]c(C(=O)NN)c(N)c2c1. The van der Waals surface area contributed by atoms with Crippen LogP contribution in [0.4, 0.5) is 5.69 Å². The quantitative estimate of drug-likeness (QED) is 0.312. The smallest absolute Gasteiger partial charge is 0.283 e. The number of hydrazine groups is 1. The maximum absolute atomic E-state index is 11.3. The first-order chi connectivity index (χ1) is 7.13. The number of nitrogen functional groups attached to an aromatic ring is 2. The molecule has 0 radical (unpaired) electrons. The van der Waals surface area contributed by atoms with Crippen molar-refractivity contribution in [3.8, 4) is 0 Å². The van der Waals surface area contributed by atoms with Gasteiger partial charge in [0.05, 0.1) is 5.69 Å². The molecule has 1 heterocycles. The van der Waals surface area contributed by atoms with Crippen molar-refractivity contribution in [2.45, 2.75) is 6.92 Å². The van der Waals surface area contributed by atoms with Gasteiger partial charge in [-0.05, 0) is 19.1 Å². The van der Waals surface area contributed by atoms with Crippen LogP contribution >= 0.6 is 0 Å². The van der Waals surface area contributed by atoms with Crippen molar-refractivity contribution in [2.75, 3.05) is 5.73 Å². The van der Waals surface area contributed by atoms with E-state index < -0.39 is 5.91 Å². The van der Waals surface area contributed by atoms with Crippen LogP contribution in [0.25, 0.3) is 10.9 Å². The lowest BCUT2D eigenvalue weighted by Gasteiger charge is -1.96. The highest BCUT2D eigenvalue weighted by molar-refractivity contribution is 6.07. The molecule has 5 heteroatoms. The minimum Gasteiger partial charge on any atom is -0.396 e. The van der Waals surface area contributed by atoms with E-state index in [1.165, 1.54) is 0 Å². The summed E-state index contributed by atoms with van der Waals surface area (Å²) in [6.45, 7) is 1.97. The first-order valence-corrected chi connectivity index (χ1v) is 4.52. The predicted molar refractivity (Wildman–Crippen MR) is 59.1 cm³/mol. The van der Waals surface area contributed by atoms with E-state index in [-0.39, 0.29) is 0 Å². The summed E-state index contributed by atoms with van der Waals surface area (Å²) >= 11 is 0. The molecule has 0 aliphatic heterocycles. The highest BCUT2D eigenvalue weighted by atomic mass is 16.2. The van der Waals surface area contributed by atoms with Crippen molar-refractivity contribution in [1.29, 1.82) is 0 Å². The van der Waals surface area contributed by atoms with Crippen LogP contribution in [-0.2, 0) is 0 Å². The number of aromatic amines is 1. The normalized spacial score (nSPS) is 10.5. The van der Waals surface area contributed by atoms with Crippen LogP contribution in [0.3, 0.4) is 0 Å². The maximum atomic E-state index is 11.3. The van der Waals surface area contributed by atoms with E-state index in [0.29, 0.717) is 11.4 Å². The van der Waals surface area contributed by atoms with Gasteiger partial charge < -0.3 is 10.7 Å². The Labute approximate surface area is 86.4 Å². The highest BCUT2D eigenvalue weighted by Gasteiger charge is 2.14. The van der Waals surface area contributed by atoms with Crippen molar-refractivity contribution in [1.82, 2.24) is 10.4 Å². The Kier molecular flexibility index (Phi) is 2.09. The Balaban J connectivity index is 2.69. The largest absolute Gasteiger partial charge is 0.396 e. The molecular weight excluding hydrogens is 192 g/mol. The van der Waals surface area contributed by atoms with Crippen molar-refractivity contribution < 1.29 is 4.79 Å². The van der Waals surface area contributed by atoms with Gasteiger partial charge >= 0.3 is 0 Å². The van der Waals surface area contributed by atoms with Gasteiger partial charge in [-0.2, -0.15) is 0 Å². The second-order valence-electron chi connectivity index (χ2n) is 3.44. The second-order valence-corrected chi connectivity index (χ2v) is 3.44. The van der Waals surface area contributed by atoms with E-state index in [9.17, 15) is 4.79 Å². The van der Waals surface area contributed by atoms with E-state index in [1.54, 1.807) is 0 Å². The number of fused-ring (bicyclic) bond motifs is 1. The molecule has 0 atom stereocenters. The molecule has 15 heavy (non-hydrogen) atoms. The molecule has 0 aliphatic rings. The average Bonchev–Trinajstić information content (AvgIpc) is 2.55. The van der Waals surface area contributed by atoms with Gasteiger partial charge in [0.15, 0.2) is 0 Å². The molecule has 1 aromatic heterocycles. The second kappa shape index (κ2) is 3.29. The monoisotopic (exact) mass is 204 g/mol. The number of H-pyrrole nitrogens is 1. The van der Waals surface area contributed by atoms with Gasteiger partial charge in [0, 0.05) is 10.9 Å². The molecular formula is C10H12N4O. The summed E-state index contributed by atoms with van der Waals surface area (Å²) in [5.41, 5.74) is 10.5. The fraction of sp³-hybridized carbons (Fsp3) is 0.100. The Bertz CT molecular complexity index is 529. The van der Waals surface area contributed by atoms with E-state index in [0.717, 1.165) is 16.5 Å². The van der Waals surface area contributed by atoms with Gasteiger partial charge in [0.25, 0.3) is 5.91 Å². The van der Waals surface area contributed by atoms with Crippen LogP contribution in [0, 0.1) is 6.92 Å². The topological polar surface area (TPSA) is 96.9 Å². The van der Waals surface area contributed by atoms with Crippen molar-refractivity contribution in [2.24, 2.45) is 5.84 Å². The number of amides is 1. The lowest BCUT2D eigenvalue weighted by Crippen LogP contribution is -2.30. The Morgan fingerprint density at radius 1 is 1.47 bits per heavy atom. The number of nitrogens with two attached hydrogens (primary N) is 2. The van der Waals surface area contributed by atoms with Gasteiger partial charge in [-0.1, -0.05) is 11.6 Å². The van der Waals surface area contributed by atoms with E-state index in [4.69, 9.17) is 11.6 Å². The van der Waals surface area contributed by atoms with E-state index >= 15 is 0 Å². The number of rotatable bonds is 1. The zero-order chi connectivity index (χ0) is 11.0.